The molecule has 4 heteroatoms. The van der Waals surface area contributed by atoms with E-state index in [2.05, 4.69) is 11.9 Å². The van der Waals surface area contributed by atoms with E-state index in [-0.39, 0.29) is 5.54 Å². The molecule has 1 aromatic heterocycles. The zero-order valence-corrected chi connectivity index (χ0v) is 12.0. The molecule has 0 saturated carbocycles. The largest absolute Gasteiger partial charge is 0.497 e. The lowest BCUT2D eigenvalue weighted by Crippen LogP contribution is -2.28. The highest BCUT2D eigenvalue weighted by atomic mass is 32.1. The van der Waals surface area contributed by atoms with Crippen molar-refractivity contribution in [3.05, 3.63) is 34.2 Å². The van der Waals surface area contributed by atoms with Gasteiger partial charge in [-0.1, -0.05) is 0 Å². The lowest BCUT2D eigenvalue weighted by molar-refractivity contribution is 0.415. The Morgan fingerprint density at radius 3 is 2.28 bits per heavy atom. The number of benzene rings is 1. The van der Waals surface area contributed by atoms with Crippen molar-refractivity contribution in [1.29, 1.82) is 0 Å². The van der Waals surface area contributed by atoms with E-state index in [9.17, 15) is 0 Å². The van der Waals surface area contributed by atoms with Crippen molar-refractivity contribution in [2.75, 3.05) is 7.11 Å². The average molecular weight is 262 g/mol. The Labute approximate surface area is 112 Å². The van der Waals surface area contributed by atoms with E-state index in [1.54, 1.807) is 18.4 Å². The lowest BCUT2D eigenvalue weighted by atomic mass is 10.1. The molecule has 3 nitrogen and oxygen atoms in total. The summed E-state index contributed by atoms with van der Waals surface area (Å²) in [4.78, 5) is 5.85. The van der Waals surface area contributed by atoms with E-state index >= 15 is 0 Å². The van der Waals surface area contributed by atoms with Crippen LogP contribution < -0.4 is 10.5 Å². The molecule has 0 bridgehead atoms. The van der Waals surface area contributed by atoms with Crippen LogP contribution in [0.25, 0.3) is 11.3 Å². The van der Waals surface area contributed by atoms with Crippen molar-refractivity contribution in [3.8, 4) is 17.0 Å². The third kappa shape index (κ3) is 2.54. The molecule has 2 N–H and O–H groups in total. The monoisotopic (exact) mass is 262 g/mol. The molecule has 0 aliphatic rings. The fraction of sp³-hybridized carbons (Fsp3) is 0.357. The van der Waals surface area contributed by atoms with Crippen molar-refractivity contribution >= 4 is 11.3 Å². The van der Waals surface area contributed by atoms with Gasteiger partial charge in [0.25, 0.3) is 0 Å². The van der Waals surface area contributed by atoms with Crippen molar-refractivity contribution in [1.82, 2.24) is 4.98 Å². The first kappa shape index (κ1) is 13.1. The quantitative estimate of drug-likeness (QED) is 0.923. The highest BCUT2D eigenvalue weighted by Crippen LogP contribution is 2.32. The molecule has 96 valence electrons. The summed E-state index contributed by atoms with van der Waals surface area (Å²) in [6.45, 7) is 6.03. The van der Waals surface area contributed by atoms with Gasteiger partial charge < -0.3 is 10.5 Å². The van der Waals surface area contributed by atoms with Gasteiger partial charge in [0, 0.05) is 10.4 Å². The Hall–Kier alpha value is -1.39. The van der Waals surface area contributed by atoms with Crippen LogP contribution in [0.2, 0.25) is 0 Å². The van der Waals surface area contributed by atoms with Gasteiger partial charge in [-0.25, -0.2) is 4.98 Å². The summed E-state index contributed by atoms with van der Waals surface area (Å²) in [7, 11) is 1.66. The second kappa shape index (κ2) is 4.71. The SMILES string of the molecule is COc1ccc(-c2nc(C(C)(C)N)sc2C)cc1. The van der Waals surface area contributed by atoms with Crippen LogP contribution in [0.5, 0.6) is 5.75 Å². The number of aromatic nitrogens is 1. The van der Waals surface area contributed by atoms with E-state index in [0.29, 0.717) is 0 Å². The number of ether oxygens (including phenoxy) is 1. The molecule has 0 radical (unpaired) electrons. The van der Waals surface area contributed by atoms with Gasteiger partial charge in [-0.3, -0.25) is 0 Å². The van der Waals surface area contributed by atoms with Crippen molar-refractivity contribution in [3.63, 3.8) is 0 Å². The second-order valence-corrected chi connectivity index (χ2v) is 6.08. The fourth-order valence-electron chi connectivity index (χ4n) is 1.69. The predicted molar refractivity (Wildman–Crippen MR) is 76.1 cm³/mol. The van der Waals surface area contributed by atoms with Gasteiger partial charge >= 0.3 is 0 Å². The Balaban J connectivity index is 2.41. The standard InChI is InChI=1S/C14H18N2OS/c1-9-12(16-13(18-9)14(2,3)15)10-5-7-11(17-4)8-6-10/h5-8H,15H2,1-4H3. The summed E-state index contributed by atoms with van der Waals surface area (Å²) in [6, 6.07) is 7.94. The maximum atomic E-state index is 6.09. The number of hydrogen-bond acceptors (Lipinski definition) is 4. The first-order valence-electron chi connectivity index (χ1n) is 5.83. The van der Waals surface area contributed by atoms with Gasteiger partial charge in [0.05, 0.1) is 18.3 Å². The number of nitrogens with two attached hydrogens (primary N) is 1. The molecule has 1 heterocycles. The van der Waals surface area contributed by atoms with Crippen LogP contribution in [0.4, 0.5) is 0 Å². The predicted octanol–water partition coefficient (Wildman–Crippen LogP) is 3.32. The average Bonchev–Trinajstić information content (AvgIpc) is 2.71. The van der Waals surface area contributed by atoms with Gasteiger partial charge in [-0.2, -0.15) is 0 Å². The van der Waals surface area contributed by atoms with E-state index in [0.717, 1.165) is 22.0 Å². The Morgan fingerprint density at radius 2 is 1.83 bits per heavy atom. The molecule has 0 amide bonds. The maximum absolute atomic E-state index is 6.09. The summed E-state index contributed by atoms with van der Waals surface area (Å²) in [5.41, 5.74) is 7.81. The van der Waals surface area contributed by atoms with Gasteiger partial charge in [-0.05, 0) is 45.0 Å². The second-order valence-electron chi connectivity index (χ2n) is 4.87. The smallest absolute Gasteiger partial charge is 0.118 e. The van der Waals surface area contributed by atoms with Crippen LogP contribution in [0.3, 0.4) is 0 Å². The molecule has 0 atom stereocenters. The van der Waals surface area contributed by atoms with Gasteiger partial charge in [0.1, 0.15) is 10.8 Å². The number of thiazole rings is 1. The van der Waals surface area contributed by atoms with Crippen LogP contribution in [-0.4, -0.2) is 12.1 Å². The summed E-state index contributed by atoms with van der Waals surface area (Å²) in [6.07, 6.45) is 0. The molecular weight excluding hydrogens is 244 g/mol. The first-order chi connectivity index (χ1) is 8.41. The molecule has 1 aromatic carbocycles. The molecule has 0 fully saturated rings. The zero-order valence-electron chi connectivity index (χ0n) is 11.2. The highest BCUT2D eigenvalue weighted by Gasteiger charge is 2.21. The molecule has 0 aliphatic carbocycles. The first-order valence-corrected chi connectivity index (χ1v) is 6.64. The van der Waals surface area contributed by atoms with E-state index in [4.69, 9.17) is 10.5 Å². The molecule has 0 unspecified atom stereocenters. The number of methoxy groups -OCH3 is 1. The van der Waals surface area contributed by atoms with Gasteiger partial charge in [0.15, 0.2) is 0 Å². The van der Waals surface area contributed by atoms with E-state index in [1.807, 2.05) is 38.1 Å². The van der Waals surface area contributed by atoms with Gasteiger partial charge in [-0.15, -0.1) is 11.3 Å². The van der Waals surface area contributed by atoms with Gasteiger partial charge in [0.2, 0.25) is 0 Å². The highest BCUT2D eigenvalue weighted by molar-refractivity contribution is 7.12. The fourth-order valence-corrected chi connectivity index (χ4v) is 2.64. The molecule has 0 saturated heterocycles. The number of nitrogens with zero attached hydrogens (tertiary/aromatic N) is 1. The van der Waals surface area contributed by atoms with Crippen LogP contribution in [-0.2, 0) is 5.54 Å². The summed E-state index contributed by atoms with van der Waals surface area (Å²) >= 11 is 1.66. The normalized spacial score (nSPS) is 11.6. The zero-order chi connectivity index (χ0) is 13.3. The summed E-state index contributed by atoms with van der Waals surface area (Å²) < 4.78 is 5.16. The third-order valence-corrected chi connectivity index (χ3v) is 4.02. The summed E-state index contributed by atoms with van der Waals surface area (Å²) in [5.74, 6) is 0.853. The number of hydrogen-bond donors (Lipinski definition) is 1. The Kier molecular flexibility index (Phi) is 3.41. The van der Waals surface area contributed by atoms with Crippen LogP contribution in [0, 0.1) is 6.92 Å². The van der Waals surface area contributed by atoms with Crippen LogP contribution in [0.15, 0.2) is 24.3 Å². The molecule has 0 aliphatic heterocycles. The minimum atomic E-state index is -0.389. The minimum absolute atomic E-state index is 0.389. The molecule has 0 spiro atoms. The van der Waals surface area contributed by atoms with Crippen molar-refractivity contribution < 1.29 is 4.74 Å². The van der Waals surface area contributed by atoms with Crippen molar-refractivity contribution in [2.24, 2.45) is 5.73 Å². The Morgan fingerprint density at radius 1 is 1.22 bits per heavy atom. The Bertz CT molecular complexity index is 538. The van der Waals surface area contributed by atoms with Crippen LogP contribution >= 0.6 is 11.3 Å². The van der Waals surface area contributed by atoms with Crippen molar-refractivity contribution in [2.45, 2.75) is 26.3 Å². The lowest BCUT2D eigenvalue weighted by Gasteiger charge is -2.13. The number of aryl methyl sites for hydroxylation is 1. The van der Waals surface area contributed by atoms with E-state index < -0.39 is 0 Å². The minimum Gasteiger partial charge on any atom is -0.497 e. The molecular formula is C14H18N2OS. The topological polar surface area (TPSA) is 48.1 Å². The molecule has 18 heavy (non-hydrogen) atoms. The van der Waals surface area contributed by atoms with Crippen LogP contribution in [0.1, 0.15) is 23.7 Å². The van der Waals surface area contributed by atoms with E-state index in [1.165, 1.54) is 4.88 Å². The third-order valence-electron chi connectivity index (χ3n) is 2.71. The molecule has 2 rings (SSSR count). The maximum Gasteiger partial charge on any atom is 0.118 e. The summed E-state index contributed by atoms with van der Waals surface area (Å²) in [5, 5.41) is 0.964. The molecule has 2 aromatic rings. The number of rotatable bonds is 3.